The van der Waals surface area contributed by atoms with E-state index in [-0.39, 0.29) is 30.1 Å². The third-order valence-corrected chi connectivity index (χ3v) is 5.45. The Hall–Kier alpha value is -2.44. The summed E-state index contributed by atoms with van der Waals surface area (Å²) in [6, 6.07) is 5.57. The van der Waals surface area contributed by atoms with Gasteiger partial charge in [-0.15, -0.1) is 0 Å². The number of hydrogen-bond donors (Lipinski definition) is 2. The quantitative estimate of drug-likeness (QED) is 0.787. The monoisotopic (exact) mass is 361 g/mol. The second-order valence-electron chi connectivity index (χ2n) is 7.17. The van der Waals surface area contributed by atoms with E-state index in [4.69, 9.17) is 0 Å². The molecule has 3 rings (SSSR count). The molecule has 2 N–H and O–H groups in total. The summed E-state index contributed by atoms with van der Waals surface area (Å²) in [6.07, 6.45) is 4.02. The van der Waals surface area contributed by atoms with Gasteiger partial charge in [0.25, 0.3) is 5.91 Å². The van der Waals surface area contributed by atoms with Crippen molar-refractivity contribution in [3.05, 3.63) is 35.6 Å². The molecule has 0 unspecified atom stereocenters. The highest BCUT2D eigenvalue weighted by atomic mass is 19.1. The van der Waals surface area contributed by atoms with Gasteiger partial charge >= 0.3 is 6.03 Å². The normalized spacial score (nSPS) is 25.5. The number of imide groups is 1. The first-order chi connectivity index (χ1) is 12.4. The molecule has 6 nitrogen and oxygen atoms in total. The van der Waals surface area contributed by atoms with Gasteiger partial charge in [-0.05, 0) is 42.9 Å². The molecule has 140 valence electrons. The van der Waals surface area contributed by atoms with Crippen LogP contribution < -0.4 is 10.6 Å². The first kappa shape index (κ1) is 18.4. The molecule has 0 aromatic heterocycles. The lowest BCUT2D eigenvalue weighted by Gasteiger charge is -2.36. The molecule has 1 saturated carbocycles. The molecule has 1 saturated heterocycles. The predicted molar refractivity (Wildman–Crippen MR) is 93.7 cm³/mol. The molecule has 2 aliphatic rings. The Bertz CT molecular complexity index is 706. The first-order valence-electron chi connectivity index (χ1n) is 9.07. The Kier molecular flexibility index (Phi) is 5.25. The minimum Gasteiger partial charge on any atom is -0.354 e. The summed E-state index contributed by atoms with van der Waals surface area (Å²) in [5.41, 5.74) is 0.0562. The van der Waals surface area contributed by atoms with Crippen LogP contribution >= 0.6 is 0 Å². The number of halogens is 1. The van der Waals surface area contributed by atoms with Crippen LogP contribution in [0.5, 0.6) is 0 Å². The van der Waals surface area contributed by atoms with Gasteiger partial charge in [0.15, 0.2) is 0 Å². The molecule has 4 amide bonds. The summed E-state index contributed by atoms with van der Waals surface area (Å²) in [6.45, 7) is 2.06. The van der Waals surface area contributed by atoms with Crippen molar-refractivity contribution in [1.82, 2.24) is 15.5 Å². The summed E-state index contributed by atoms with van der Waals surface area (Å²) in [7, 11) is 0. The van der Waals surface area contributed by atoms with E-state index < -0.39 is 11.6 Å². The van der Waals surface area contributed by atoms with Crippen LogP contribution in [0.3, 0.4) is 0 Å². The number of amides is 4. The summed E-state index contributed by atoms with van der Waals surface area (Å²) >= 11 is 0. The molecule has 2 fully saturated rings. The largest absolute Gasteiger partial charge is 0.354 e. The summed E-state index contributed by atoms with van der Waals surface area (Å²) in [5.74, 6) is -0.902. The van der Waals surface area contributed by atoms with E-state index in [0.29, 0.717) is 19.4 Å². The van der Waals surface area contributed by atoms with E-state index in [1.165, 1.54) is 12.1 Å². The number of urea groups is 1. The highest BCUT2D eigenvalue weighted by molar-refractivity contribution is 6.09. The molecular weight excluding hydrogens is 337 g/mol. The molecule has 1 aliphatic heterocycles. The van der Waals surface area contributed by atoms with Crippen molar-refractivity contribution >= 4 is 17.8 Å². The van der Waals surface area contributed by atoms with E-state index in [1.54, 1.807) is 12.1 Å². The second kappa shape index (κ2) is 7.43. The molecule has 26 heavy (non-hydrogen) atoms. The third kappa shape index (κ3) is 3.57. The van der Waals surface area contributed by atoms with E-state index in [1.807, 2.05) is 6.92 Å². The van der Waals surface area contributed by atoms with E-state index >= 15 is 0 Å². The molecule has 2 atom stereocenters. The summed E-state index contributed by atoms with van der Waals surface area (Å²) < 4.78 is 12.9. The minimum absolute atomic E-state index is 0.0687. The minimum atomic E-state index is -0.844. The third-order valence-electron chi connectivity index (χ3n) is 5.45. The number of nitrogens with zero attached hydrogens (tertiary/aromatic N) is 1. The van der Waals surface area contributed by atoms with Crippen molar-refractivity contribution in [2.75, 3.05) is 13.1 Å². The maximum Gasteiger partial charge on any atom is 0.325 e. The lowest BCUT2D eigenvalue weighted by Crippen LogP contribution is -2.54. The molecule has 0 bridgehead atoms. The van der Waals surface area contributed by atoms with Gasteiger partial charge in [0.05, 0.1) is 0 Å². The molecular formula is C19H24FN3O3. The molecule has 0 radical (unpaired) electrons. The number of hydrogen-bond acceptors (Lipinski definition) is 3. The number of rotatable bonds is 5. The highest BCUT2D eigenvalue weighted by Gasteiger charge is 2.55. The Morgan fingerprint density at radius 1 is 1.31 bits per heavy atom. The molecule has 1 aromatic carbocycles. The topological polar surface area (TPSA) is 78.5 Å². The number of carbonyl (C=O) groups is 3. The van der Waals surface area contributed by atoms with Crippen molar-refractivity contribution in [2.24, 2.45) is 5.92 Å². The number of carbonyl (C=O) groups excluding carboxylic acids is 3. The van der Waals surface area contributed by atoms with Crippen LogP contribution in [0.25, 0.3) is 0 Å². The Balaban J connectivity index is 1.53. The van der Waals surface area contributed by atoms with Gasteiger partial charge in [-0.1, -0.05) is 31.9 Å². The van der Waals surface area contributed by atoms with Gasteiger partial charge in [0.2, 0.25) is 5.91 Å². The second-order valence-corrected chi connectivity index (χ2v) is 7.17. The molecule has 7 heteroatoms. The fourth-order valence-electron chi connectivity index (χ4n) is 3.84. The fraction of sp³-hybridized carbons (Fsp3) is 0.526. The zero-order valence-corrected chi connectivity index (χ0v) is 14.9. The Morgan fingerprint density at radius 2 is 2.04 bits per heavy atom. The van der Waals surface area contributed by atoms with Crippen molar-refractivity contribution in [2.45, 2.75) is 44.6 Å². The van der Waals surface area contributed by atoms with Crippen molar-refractivity contribution < 1.29 is 18.8 Å². The number of nitrogens with one attached hydrogen (secondary N) is 2. The zero-order valence-electron chi connectivity index (χ0n) is 14.9. The standard InChI is InChI=1S/C19H24FN3O3/c1-13-4-2-3-10-19(13)17(25)23(18(26)22-19)12-16(24)21-11-9-14-5-7-15(20)8-6-14/h5-8,13H,2-4,9-12H2,1H3,(H,21,24)(H,22,26)/t13-,19-/m1/s1. The van der Waals surface area contributed by atoms with Crippen LogP contribution in [0, 0.1) is 11.7 Å². The lowest BCUT2D eigenvalue weighted by molar-refractivity contribution is -0.137. The Labute approximate surface area is 152 Å². The van der Waals surface area contributed by atoms with Crippen molar-refractivity contribution in [3.63, 3.8) is 0 Å². The van der Waals surface area contributed by atoms with Gasteiger partial charge < -0.3 is 10.6 Å². The van der Waals surface area contributed by atoms with Crippen LogP contribution in [0.15, 0.2) is 24.3 Å². The molecule has 1 aliphatic carbocycles. The maximum atomic E-state index is 12.9. The summed E-state index contributed by atoms with van der Waals surface area (Å²) in [5, 5.41) is 5.54. The molecule has 1 spiro atoms. The van der Waals surface area contributed by atoms with Crippen LogP contribution in [0.4, 0.5) is 9.18 Å². The van der Waals surface area contributed by atoms with Gasteiger partial charge in [0, 0.05) is 6.54 Å². The average molecular weight is 361 g/mol. The van der Waals surface area contributed by atoms with E-state index in [0.717, 1.165) is 29.7 Å². The first-order valence-corrected chi connectivity index (χ1v) is 9.07. The van der Waals surface area contributed by atoms with E-state index in [9.17, 15) is 18.8 Å². The van der Waals surface area contributed by atoms with Gasteiger partial charge in [-0.2, -0.15) is 0 Å². The van der Waals surface area contributed by atoms with Crippen LogP contribution in [0.1, 0.15) is 38.2 Å². The van der Waals surface area contributed by atoms with Crippen LogP contribution in [-0.4, -0.2) is 41.4 Å². The Morgan fingerprint density at radius 3 is 2.73 bits per heavy atom. The highest BCUT2D eigenvalue weighted by Crippen LogP contribution is 2.38. The van der Waals surface area contributed by atoms with Crippen LogP contribution in [-0.2, 0) is 16.0 Å². The zero-order chi connectivity index (χ0) is 18.7. The van der Waals surface area contributed by atoms with E-state index in [2.05, 4.69) is 10.6 Å². The fourth-order valence-corrected chi connectivity index (χ4v) is 3.84. The van der Waals surface area contributed by atoms with Gasteiger partial charge in [-0.25, -0.2) is 9.18 Å². The smallest absolute Gasteiger partial charge is 0.325 e. The van der Waals surface area contributed by atoms with Crippen molar-refractivity contribution in [3.8, 4) is 0 Å². The van der Waals surface area contributed by atoms with Gasteiger partial charge in [0.1, 0.15) is 17.9 Å². The van der Waals surface area contributed by atoms with Crippen LogP contribution in [0.2, 0.25) is 0 Å². The SMILES string of the molecule is C[C@@H]1CCCC[C@@]12NC(=O)N(CC(=O)NCCc1ccc(F)cc1)C2=O. The average Bonchev–Trinajstić information content (AvgIpc) is 2.84. The summed E-state index contributed by atoms with van der Waals surface area (Å²) in [4.78, 5) is 38.2. The number of benzene rings is 1. The molecule has 1 heterocycles. The molecule has 1 aromatic rings. The van der Waals surface area contributed by atoms with Crippen molar-refractivity contribution in [1.29, 1.82) is 0 Å². The van der Waals surface area contributed by atoms with Gasteiger partial charge in [-0.3, -0.25) is 14.5 Å². The predicted octanol–water partition coefficient (Wildman–Crippen LogP) is 1.99. The maximum absolute atomic E-state index is 12.9. The lowest BCUT2D eigenvalue weighted by atomic mass is 9.73.